The number of quaternary nitrogens is 1. The van der Waals surface area contributed by atoms with Crippen LogP contribution in [0.15, 0.2) is 16.6 Å². The Labute approximate surface area is 132 Å². The lowest BCUT2D eigenvalue weighted by molar-refractivity contribution is -0.683. The van der Waals surface area contributed by atoms with Gasteiger partial charge in [-0.3, -0.25) is 4.79 Å². The molecular weight excluding hydrogens is 348 g/mol. The molecule has 5 nitrogen and oxygen atoms in total. The summed E-state index contributed by atoms with van der Waals surface area (Å²) in [5, 5.41) is 2.32. The van der Waals surface area contributed by atoms with E-state index < -0.39 is 5.91 Å². The molecule has 0 aromatic heterocycles. The van der Waals surface area contributed by atoms with Crippen molar-refractivity contribution >= 4 is 21.8 Å². The van der Waals surface area contributed by atoms with Gasteiger partial charge < -0.3 is 32.9 Å². The minimum absolute atomic E-state index is 0. The summed E-state index contributed by atoms with van der Waals surface area (Å²) in [6.07, 6.45) is 2.61. The average Bonchev–Trinajstić information content (AvgIpc) is 3.18. The fourth-order valence-corrected chi connectivity index (χ4v) is 2.41. The van der Waals surface area contributed by atoms with E-state index in [0.717, 1.165) is 22.6 Å². The molecule has 20 heavy (non-hydrogen) atoms. The summed E-state index contributed by atoms with van der Waals surface area (Å²) in [4.78, 5) is 10.8. The molecule has 112 valence electrons. The molecule has 0 saturated heterocycles. The highest BCUT2D eigenvalue weighted by Gasteiger charge is 2.25. The van der Waals surface area contributed by atoms with E-state index >= 15 is 0 Å². The first kappa shape index (κ1) is 17.1. The van der Waals surface area contributed by atoms with Crippen molar-refractivity contribution in [3.8, 4) is 11.5 Å². The lowest BCUT2D eigenvalue weighted by Crippen LogP contribution is -3.00. The number of ether oxygens (including phenoxy) is 2. The Morgan fingerprint density at radius 3 is 2.75 bits per heavy atom. The Morgan fingerprint density at radius 2 is 2.20 bits per heavy atom. The first-order chi connectivity index (χ1) is 9.10. The summed E-state index contributed by atoms with van der Waals surface area (Å²) in [6, 6.07) is 4.69. The zero-order valence-electron chi connectivity index (χ0n) is 11.2. The molecular formula is C13H18BrClN2O3. The third kappa shape index (κ3) is 4.85. The zero-order valence-corrected chi connectivity index (χ0v) is 13.5. The number of carbonyl (C=O) groups excluding carboxylic acids is 1. The van der Waals surface area contributed by atoms with E-state index in [1.165, 1.54) is 12.8 Å². The van der Waals surface area contributed by atoms with Crippen molar-refractivity contribution in [3.05, 3.63) is 22.2 Å². The molecule has 1 aliphatic carbocycles. The van der Waals surface area contributed by atoms with Gasteiger partial charge in [-0.15, -0.1) is 0 Å². The number of primary amides is 1. The van der Waals surface area contributed by atoms with Crippen molar-refractivity contribution in [1.82, 2.24) is 0 Å². The number of hydrogen-bond donors (Lipinski definition) is 2. The summed E-state index contributed by atoms with van der Waals surface area (Å²) in [7, 11) is 1.58. The predicted molar refractivity (Wildman–Crippen MR) is 74.0 cm³/mol. The molecule has 0 bridgehead atoms. The molecule has 2 rings (SSSR count). The van der Waals surface area contributed by atoms with Gasteiger partial charge in [0.05, 0.1) is 17.6 Å². The minimum Gasteiger partial charge on any atom is -1.00 e. The fraction of sp³-hybridized carbons (Fsp3) is 0.462. The van der Waals surface area contributed by atoms with Gasteiger partial charge in [-0.05, 0) is 28.1 Å². The first-order valence-corrected chi connectivity index (χ1v) is 7.00. The van der Waals surface area contributed by atoms with Gasteiger partial charge in [-0.25, -0.2) is 0 Å². The van der Waals surface area contributed by atoms with Gasteiger partial charge >= 0.3 is 0 Å². The van der Waals surface area contributed by atoms with Gasteiger partial charge in [0.25, 0.3) is 5.91 Å². The molecule has 1 aromatic carbocycles. The van der Waals surface area contributed by atoms with Crippen molar-refractivity contribution in [1.29, 1.82) is 0 Å². The Balaban J connectivity index is 0.00000200. The van der Waals surface area contributed by atoms with Crippen LogP contribution in [0.3, 0.4) is 0 Å². The van der Waals surface area contributed by atoms with Crippen LogP contribution in [0, 0.1) is 0 Å². The second-order valence-corrected chi connectivity index (χ2v) is 5.50. The summed E-state index contributed by atoms with van der Waals surface area (Å²) in [5.41, 5.74) is 6.23. The Bertz CT molecular complexity index is 481. The summed E-state index contributed by atoms with van der Waals surface area (Å²) in [5.74, 6) is 0.603. The maximum Gasteiger partial charge on any atom is 0.255 e. The monoisotopic (exact) mass is 364 g/mol. The number of amides is 1. The highest BCUT2D eigenvalue weighted by atomic mass is 79.9. The number of halogens is 2. The largest absolute Gasteiger partial charge is 1.00 e. The lowest BCUT2D eigenvalue weighted by Gasteiger charge is -2.13. The van der Waals surface area contributed by atoms with E-state index in [0.29, 0.717) is 11.5 Å². The van der Waals surface area contributed by atoms with E-state index in [-0.39, 0.29) is 19.0 Å². The van der Waals surface area contributed by atoms with Gasteiger partial charge in [-0.1, -0.05) is 0 Å². The van der Waals surface area contributed by atoms with E-state index in [2.05, 4.69) is 21.2 Å². The topological polar surface area (TPSA) is 78.2 Å². The average molecular weight is 366 g/mol. The number of hydrogen-bond acceptors (Lipinski definition) is 3. The third-order valence-electron chi connectivity index (χ3n) is 2.96. The van der Waals surface area contributed by atoms with Crippen LogP contribution in [0.2, 0.25) is 0 Å². The Morgan fingerprint density at radius 1 is 1.50 bits per heavy atom. The van der Waals surface area contributed by atoms with Crippen molar-refractivity contribution in [3.63, 3.8) is 0 Å². The smallest absolute Gasteiger partial charge is 0.255 e. The SMILES string of the molecule is COc1cc(C[NH2+]C2CC2)cc(Br)c1OCC(N)=O.[Cl-]. The maximum absolute atomic E-state index is 10.8. The normalized spacial score (nSPS) is 13.5. The molecule has 1 amide bonds. The number of carbonyl (C=O) groups is 1. The standard InChI is InChI=1S/C13H17BrN2O3.ClH/c1-18-11-5-8(6-16-9-2-3-9)4-10(14)13(11)19-7-12(15)17;/h4-5,9,16H,2-3,6-7H2,1H3,(H2,15,17);1H. The van der Waals surface area contributed by atoms with Gasteiger partial charge in [0.1, 0.15) is 6.54 Å². The van der Waals surface area contributed by atoms with Gasteiger partial charge in [0, 0.05) is 18.4 Å². The number of benzene rings is 1. The molecule has 0 spiro atoms. The van der Waals surface area contributed by atoms with Gasteiger partial charge in [-0.2, -0.15) is 0 Å². The highest BCUT2D eigenvalue weighted by Crippen LogP contribution is 2.36. The molecule has 1 saturated carbocycles. The quantitative estimate of drug-likeness (QED) is 0.563. The Hall–Kier alpha value is -0.980. The zero-order chi connectivity index (χ0) is 13.8. The van der Waals surface area contributed by atoms with Crippen LogP contribution in [0.25, 0.3) is 0 Å². The van der Waals surface area contributed by atoms with Crippen LogP contribution in [0.5, 0.6) is 11.5 Å². The molecule has 0 atom stereocenters. The van der Waals surface area contributed by atoms with E-state index in [1.54, 1.807) is 7.11 Å². The number of nitrogens with two attached hydrogens (primary N) is 2. The maximum atomic E-state index is 10.8. The van der Waals surface area contributed by atoms with E-state index in [9.17, 15) is 4.79 Å². The van der Waals surface area contributed by atoms with Crippen molar-refractivity contribution < 1.29 is 32.0 Å². The molecule has 1 aromatic rings. The Kier molecular flexibility index (Phi) is 6.58. The van der Waals surface area contributed by atoms with Crippen molar-refractivity contribution in [2.45, 2.75) is 25.4 Å². The van der Waals surface area contributed by atoms with Crippen LogP contribution in [-0.2, 0) is 11.3 Å². The van der Waals surface area contributed by atoms with Gasteiger partial charge in [0.2, 0.25) is 0 Å². The third-order valence-corrected chi connectivity index (χ3v) is 3.55. The second kappa shape index (κ2) is 7.71. The molecule has 1 aliphatic rings. The molecule has 4 N–H and O–H groups in total. The molecule has 0 aliphatic heterocycles. The molecule has 0 heterocycles. The van der Waals surface area contributed by atoms with Crippen LogP contribution >= 0.6 is 15.9 Å². The highest BCUT2D eigenvalue weighted by molar-refractivity contribution is 9.10. The number of methoxy groups -OCH3 is 1. The molecule has 1 fully saturated rings. The molecule has 0 radical (unpaired) electrons. The van der Waals surface area contributed by atoms with Crippen LogP contribution in [0.1, 0.15) is 18.4 Å². The van der Waals surface area contributed by atoms with E-state index in [1.807, 2.05) is 12.1 Å². The number of rotatable bonds is 7. The fourth-order valence-electron chi connectivity index (χ4n) is 1.81. The second-order valence-electron chi connectivity index (χ2n) is 4.64. The van der Waals surface area contributed by atoms with Crippen molar-refractivity contribution in [2.24, 2.45) is 5.73 Å². The van der Waals surface area contributed by atoms with E-state index in [4.69, 9.17) is 15.2 Å². The predicted octanol–water partition coefficient (Wildman–Crippen LogP) is -2.45. The van der Waals surface area contributed by atoms with Crippen molar-refractivity contribution in [2.75, 3.05) is 13.7 Å². The summed E-state index contributed by atoms with van der Waals surface area (Å²) in [6.45, 7) is 0.748. The van der Waals surface area contributed by atoms with Crippen LogP contribution < -0.4 is 32.9 Å². The van der Waals surface area contributed by atoms with Crippen LogP contribution in [0.4, 0.5) is 0 Å². The van der Waals surface area contributed by atoms with Crippen LogP contribution in [-0.4, -0.2) is 25.7 Å². The summed E-state index contributed by atoms with van der Waals surface area (Å²) >= 11 is 3.44. The minimum atomic E-state index is -0.514. The summed E-state index contributed by atoms with van der Waals surface area (Å²) < 4.78 is 11.4. The lowest BCUT2D eigenvalue weighted by atomic mass is 10.2. The van der Waals surface area contributed by atoms with Gasteiger partial charge in [0.15, 0.2) is 18.1 Å². The first-order valence-electron chi connectivity index (χ1n) is 6.21. The molecule has 0 unspecified atom stereocenters. The molecule has 7 heteroatoms.